The van der Waals surface area contributed by atoms with E-state index in [1.807, 2.05) is 6.07 Å². The van der Waals surface area contributed by atoms with Crippen LogP contribution in [0.25, 0.3) is 0 Å². The molecule has 1 aromatic rings. The Hall–Kier alpha value is -1.93. The second-order valence-corrected chi connectivity index (χ2v) is 8.83. The number of nitrogens with zero attached hydrogens (tertiary/aromatic N) is 1. The fraction of sp³-hybridized carbons (Fsp3) is 0.529. The Kier molecular flexibility index (Phi) is 5.84. The van der Waals surface area contributed by atoms with Gasteiger partial charge in [-0.15, -0.1) is 0 Å². The highest BCUT2D eigenvalue weighted by Gasteiger charge is 2.36. The van der Waals surface area contributed by atoms with Gasteiger partial charge in [-0.25, -0.2) is 17.5 Å². The third kappa shape index (κ3) is 5.02. The summed E-state index contributed by atoms with van der Waals surface area (Å²) < 4.78 is 26.6. The molecule has 0 aromatic heterocycles. The second-order valence-electron chi connectivity index (χ2n) is 6.86. The van der Waals surface area contributed by atoms with Gasteiger partial charge in [-0.1, -0.05) is 30.3 Å². The molecule has 25 heavy (non-hydrogen) atoms. The first-order valence-electron chi connectivity index (χ1n) is 8.19. The van der Waals surface area contributed by atoms with E-state index in [1.54, 1.807) is 24.3 Å². The lowest BCUT2D eigenvalue weighted by atomic mass is 9.96. The van der Waals surface area contributed by atoms with Crippen LogP contribution in [0.4, 0.5) is 0 Å². The summed E-state index contributed by atoms with van der Waals surface area (Å²) in [4.78, 5) is 23.5. The van der Waals surface area contributed by atoms with Gasteiger partial charge in [-0.2, -0.15) is 0 Å². The Labute approximate surface area is 148 Å². The van der Waals surface area contributed by atoms with Crippen molar-refractivity contribution in [3.63, 3.8) is 0 Å². The molecule has 1 atom stereocenters. The number of hydrogen-bond acceptors (Lipinski definition) is 4. The predicted octanol–water partition coefficient (Wildman–Crippen LogP) is 1.21. The minimum atomic E-state index is -3.53. The molecule has 0 bridgehead atoms. The molecule has 2 rings (SSSR count). The van der Waals surface area contributed by atoms with Crippen LogP contribution in [0, 0.1) is 5.92 Å². The van der Waals surface area contributed by atoms with Crippen LogP contribution in [0.2, 0.25) is 0 Å². The lowest BCUT2D eigenvalue weighted by Crippen LogP contribution is -2.54. The number of carboxylic acid groups (broad SMARTS) is 1. The van der Waals surface area contributed by atoms with Crippen molar-refractivity contribution >= 4 is 21.9 Å². The highest BCUT2D eigenvalue weighted by atomic mass is 32.2. The minimum Gasteiger partial charge on any atom is -0.480 e. The zero-order valence-electron chi connectivity index (χ0n) is 14.4. The number of aliphatic carboxylic acids is 1. The van der Waals surface area contributed by atoms with Crippen molar-refractivity contribution in [2.24, 2.45) is 5.92 Å². The van der Waals surface area contributed by atoms with Gasteiger partial charge in [0.05, 0.1) is 11.7 Å². The van der Waals surface area contributed by atoms with Gasteiger partial charge in [0.15, 0.2) is 0 Å². The molecular weight excluding hydrogens is 344 g/mol. The van der Waals surface area contributed by atoms with Crippen LogP contribution in [0.15, 0.2) is 30.3 Å². The zero-order valence-corrected chi connectivity index (χ0v) is 15.3. The summed E-state index contributed by atoms with van der Waals surface area (Å²) in [5.41, 5.74) is -0.691. The Balaban J connectivity index is 2.05. The van der Waals surface area contributed by atoms with E-state index in [0.29, 0.717) is 24.9 Å². The van der Waals surface area contributed by atoms with Gasteiger partial charge in [0.2, 0.25) is 15.9 Å². The summed E-state index contributed by atoms with van der Waals surface area (Å²) >= 11 is 0. The Morgan fingerprint density at radius 2 is 1.92 bits per heavy atom. The number of benzene rings is 1. The summed E-state index contributed by atoms with van der Waals surface area (Å²) in [6.45, 7) is 3.26. The van der Waals surface area contributed by atoms with E-state index in [9.17, 15) is 18.0 Å². The van der Waals surface area contributed by atoms with Crippen LogP contribution >= 0.6 is 0 Å². The molecule has 1 aliphatic rings. The number of carboxylic acids is 1. The molecule has 1 aromatic carbocycles. The molecule has 0 aliphatic carbocycles. The first kappa shape index (κ1) is 19.4. The third-order valence-electron chi connectivity index (χ3n) is 4.31. The average Bonchev–Trinajstić information content (AvgIpc) is 2.55. The van der Waals surface area contributed by atoms with E-state index < -0.39 is 33.4 Å². The number of piperidine rings is 1. The van der Waals surface area contributed by atoms with Gasteiger partial charge in [0, 0.05) is 13.1 Å². The van der Waals surface area contributed by atoms with Crippen molar-refractivity contribution in [1.29, 1.82) is 0 Å². The standard InChI is InChI=1S/C17H24N2O5S/c1-17(2,16(21)22)18-15(20)14-9-6-10-19(11-14)25(23,24)12-13-7-4-3-5-8-13/h3-5,7-8,14H,6,9-12H2,1-2H3,(H,18,20)(H,21,22). The maximum absolute atomic E-state index is 12.6. The molecule has 138 valence electrons. The Morgan fingerprint density at radius 3 is 2.52 bits per heavy atom. The minimum absolute atomic E-state index is 0.0801. The molecule has 1 saturated heterocycles. The normalized spacial score (nSPS) is 19.4. The van der Waals surface area contributed by atoms with Crippen molar-refractivity contribution in [1.82, 2.24) is 9.62 Å². The first-order chi connectivity index (χ1) is 11.6. The van der Waals surface area contributed by atoms with Gasteiger partial charge in [-0.3, -0.25) is 4.79 Å². The molecule has 0 saturated carbocycles. The van der Waals surface area contributed by atoms with Gasteiger partial charge in [-0.05, 0) is 32.3 Å². The van der Waals surface area contributed by atoms with Crippen LogP contribution < -0.4 is 5.32 Å². The maximum atomic E-state index is 12.6. The number of carbonyl (C=O) groups is 2. The van der Waals surface area contributed by atoms with E-state index in [2.05, 4.69) is 5.32 Å². The van der Waals surface area contributed by atoms with E-state index in [0.717, 1.165) is 0 Å². The number of sulfonamides is 1. The largest absolute Gasteiger partial charge is 0.480 e. The molecule has 1 fully saturated rings. The van der Waals surface area contributed by atoms with Crippen molar-refractivity contribution in [3.8, 4) is 0 Å². The molecule has 1 unspecified atom stereocenters. The Bertz CT molecular complexity index is 731. The van der Waals surface area contributed by atoms with Crippen LogP contribution in [-0.4, -0.2) is 48.3 Å². The molecule has 1 amide bonds. The highest BCUT2D eigenvalue weighted by Crippen LogP contribution is 2.22. The number of hydrogen-bond donors (Lipinski definition) is 2. The molecular formula is C17H24N2O5S. The summed E-state index contributed by atoms with van der Waals surface area (Å²) in [6, 6.07) is 8.89. The quantitative estimate of drug-likeness (QED) is 0.785. The number of amides is 1. The molecule has 0 radical (unpaired) electrons. The lowest BCUT2D eigenvalue weighted by molar-refractivity contribution is -0.146. The zero-order chi connectivity index (χ0) is 18.7. The molecule has 1 aliphatic heterocycles. The number of carbonyl (C=O) groups excluding carboxylic acids is 1. The topological polar surface area (TPSA) is 104 Å². The van der Waals surface area contributed by atoms with E-state index >= 15 is 0 Å². The van der Waals surface area contributed by atoms with Gasteiger partial charge >= 0.3 is 5.97 Å². The van der Waals surface area contributed by atoms with Gasteiger partial charge in [0.25, 0.3) is 0 Å². The van der Waals surface area contributed by atoms with Crippen molar-refractivity contribution in [3.05, 3.63) is 35.9 Å². The average molecular weight is 368 g/mol. The van der Waals surface area contributed by atoms with Crippen LogP contribution in [0.5, 0.6) is 0 Å². The molecule has 2 N–H and O–H groups in total. The smallest absolute Gasteiger partial charge is 0.328 e. The Morgan fingerprint density at radius 1 is 1.28 bits per heavy atom. The van der Waals surface area contributed by atoms with Crippen molar-refractivity contribution in [2.45, 2.75) is 38.0 Å². The molecule has 0 spiro atoms. The molecule has 8 heteroatoms. The summed E-state index contributed by atoms with van der Waals surface area (Å²) in [5, 5.41) is 11.6. The molecule has 1 heterocycles. The van der Waals surface area contributed by atoms with Crippen LogP contribution in [0.3, 0.4) is 0 Å². The highest BCUT2D eigenvalue weighted by molar-refractivity contribution is 7.88. The predicted molar refractivity (Wildman–Crippen MR) is 93.2 cm³/mol. The summed E-state index contributed by atoms with van der Waals surface area (Å²) in [5.74, 6) is -2.21. The fourth-order valence-corrected chi connectivity index (χ4v) is 4.36. The second kappa shape index (κ2) is 7.53. The monoisotopic (exact) mass is 368 g/mol. The van der Waals surface area contributed by atoms with Crippen LogP contribution in [0.1, 0.15) is 32.3 Å². The first-order valence-corrected chi connectivity index (χ1v) is 9.80. The van der Waals surface area contributed by atoms with Gasteiger partial charge in [0.1, 0.15) is 5.54 Å². The van der Waals surface area contributed by atoms with E-state index in [1.165, 1.54) is 18.2 Å². The molecule has 7 nitrogen and oxygen atoms in total. The lowest BCUT2D eigenvalue weighted by Gasteiger charge is -2.33. The maximum Gasteiger partial charge on any atom is 0.328 e. The number of nitrogens with one attached hydrogen (secondary N) is 1. The van der Waals surface area contributed by atoms with Crippen molar-refractivity contribution in [2.75, 3.05) is 13.1 Å². The fourth-order valence-electron chi connectivity index (χ4n) is 2.75. The van der Waals surface area contributed by atoms with E-state index in [4.69, 9.17) is 5.11 Å². The van der Waals surface area contributed by atoms with Crippen molar-refractivity contribution < 1.29 is 23.1 Å². The SMILES string of the molecule is CC(C)(NC(=O)C1CCCN(S(=O)(=O)Cc2ccccc2)C1)C(=O)O. The number of rotatable bonds is 6. The van der Waals surface area contributed by atoms with Crippen LogP contribution in [-0.2, 0) is 25.4 Å². The third-order valence-corrected chi connectivity index (χ3v) is 6.13. The van der Waals surface area contributed by atoms with Gasteiger partial charge < -0.3 is 10.4 Å². The summed E-state index contributed by atoms with van der Waals surface area (Å²) in [7, 11) is -3.53. The van der Waals surface area contributed by atoms with E-state index in [-0.39, 0.29) is 12.3 Å². The summed E-state index contributed by atoms with van der Waals surface area (Å²) in [6.07, 6.45) is 1.11.